The van der Waals surface area contributed by atoms with Crippen molar-refractivity contribution in [2.24, 2.45) is 0 Å². The van der Waals surface area contributed by atoms with E-state index >= 15 is 0 Å². The lowest BCUT2D eigenvalue weighted by molar-refractivity contribution is -0.274. The molecular formula is C13H10Br2F3NO2. The van der Waals surface area contributed by atoms with Gasteiger partial charge in [0.1, 0.15) is 5.76 Å². The molecule has 0 saturated carbocycles. The summed E-state index contributed by atoms with van der Waals surface area (Å²) in [6.45, 7) is 1.77. The minimum Gasteiger partial charge on any atom is -0.452 e. The highest BCUT2D eigenvalue weighted by molar-refractivity contribution is 9.10. The van der Waals surface area contributed by atoms with E-state index < -0.39 is 6.36 Å². The summed E-state index contributed by atoms with van der Waals surface area (Å²) in [5.41, 5.74) is 0.218. The fraction of sp³-hybridized carbons (Fsp3) is 0.231. The third-order valence-corrected chi connectivity index (χ3v) is 3.48. The standard InChI is InChI=1S/C13H10Br2F3NO2/c1-7(10-4-5-12(15)20-10)19-9-3-2-8(14)6-11(9)21-13(16,17)18/h2-7,19H,1H3. The zero-order valence-electron chi connectivity index (χ0n) is 10.7. The molecule has 1 aromatic carbocycles. The van der Waals surface area contributed by atoms with Crippen LogP contribution in [-0.2, 0) is 0 Å². The summed E-state index contributed by atoms with van der Waals surface area (Å²) in [6, 6.07) is 7.48. The minimum absolute atomic E-state index is 0.218. The molecule has 1 atom stereocenters. The van der Waals surface area contributed by atoms with E-state index in [2.05, 4.69) is 41.9 Å². The van der Waals surface area contributed by atoms with Crippen molar-refractivity contribution in [2.75, 3.05) is 5.32 Å². The maximum absolute atomic E-state index is 12.4. The van der Waals surface area contributed by atoms with Crippen LogP contribution in [0.1, 0.15) is 18.7 Å². The van der Waals surface area contributed by atoms with Gasteiger partial charge in [-0.05, 0) is 53.2 Å². The molecule has 1 aromatic heterocycles. The van der Waals surface area contributed by atoms with Crippen molar-refractivity contribution in [1.82, 2.24) is 0 Å². The summed E-state index contributed by atoms with van der Waals surface area (Å²) < 4.78 is 47.7. The quantitative estimate of drug-likeness (QED) is 0.660. The summed E-state index contributed by atoms with van der Waals surface area (Å²) in [5.74, 6) is 0.275. The van der Waals surface area contributed by atoms with Gasteiger partial charge in [0.15, 0.2) is 10.4 Å². The number of anilines is 1. The van der Waals surface area contributed by atoms with Gasteiger partial charge in [-0.25, -0.2) is 0 Å². The molecule has 0 aliphatic rings. The van der Waals surface area contributed by atoms with E-state index in [9.17, 15) is 13.2 Å². The van der Waals surface area contributed by atoms with Gasteiger partial charge in [-0.1, -0.05) is 15.9 Å². The van der Waals surface area contributed by atoms with Crippen molar-refractivity contribution < 1.29 is 22.3 Å². The fourth-order valence-corrected chi connectivity index (χ4v) is 2.35. The summed E-state index contributed by atoms with van der Waals surface area (Å²) in [6.07, 6.45) is -4.76. The Balaban J connectivity index is 2.22. The van der Waals surface area contributed by atoms with Crippen LogP contribution in [0.2, 0.25) is 0 Å². The molecule has 0 bridgehead atoms. The normalized spacial score (nSPS) is 13.0. The first kappa shape index (κ1) is 16.2. The smallest absolute Gasteiger partial charge is 0.452 e. The monoisotopic (exact) mass is 427 g/mol. The zero-order chi connectivity index (χ0) is 15.6. The molecule has 114 valence electrons. The lowest BCUT2D eigenvalue weighted by Crippen LogP contribution is -2.18. The molecule has 0 amide bonds. The molecule has 0 aliphatic heterocycles. The van der Waals surface area contributed by atoms with Crippen molar-refractivity contribution in [3.05, 3.63) is 45.2 Å². The predicted octanol–water partition coefficient (Wildman–Crippen LogP) is 5.88. The number of nitrogens with one attached hydrogen (secondary N) is 1. The number of hydrogen-bond donors (Lipinski definition) is 1. The van der Waals surface area contributed by atoms with Crippen LogP contribution in [-0.4, -0.2) is 6.36 Å². The summed E-state index contributed by atoms with van der Waals surface area (Å²) in [7, 11) is 0. The molecule has 3 nitrogen and oxygen atoms in total. The number of rotatable bonds is 4. The van der Waals surface area contributed by atoms with Gasteiger partial charge in [0, 0.05) is 4.47 Å². The number of ether oxygens (including phenoxy) is 1. The van der Waals surface area contributed by atoms with E-state index in [1.807, 2.05) is 0 Å². The van der Waals surface area contributed by atoms with Crippen molar-refractivity contribution in [1.29, 1.82) is 0 Å². The van der Waals surface area contributed by atoms with Crippen LogP contribution in [0, 0.1) is 0 Å². The first-order chi connectivity index (χ1) is 9.74. The molecule has 1 unspecified atom stereocenters. The zero-order valence-corrected chi connectivity index (χ0v) is 13.8. The van der Waals surface area contributed by atoms with Gasteiger partial charge in [0.2, 0.25) is 0 Å². The lowest BCUT2D eigenvalue weighted by Gasteiger charge is -2.18. The van der Waals surface area contributed by atoms with Gasteiger partial charge in [-0.15, -0.1) is 13.2 Å². The highest BCUT2D eigenvalue weighted by atomic mass is 79.9. The molecule has 1 heterocycles. The summed E-state index contributed by atoms with van der Waals surface area (Å²) in [5, 5.41) is 2.93. The molecule has 0 fully saturated rings. The van der Waals surface area contributed by atoms with Crippen LogP contribution in [0.5, 0.6) is 5.75 Å². The van der Waals surface area contributed by atoms with E-state index in [4.69, 9.17) is 4.42 Å². The number of alkyl halides is 3. The summed E-state index contributed by atoms with van der Waals surface area (Å²) >= 11 is 6.29. The van der Waals surface area contributed by atoms with Crippen LogP contribution in [0.3, 0.4) is 0 Å². The predicted molar refractivity (Wildman–Crippen MR) is 79.3 cm³/mol. The van der Waals surface area contributed by atoms with Gasteiger partial charge < -0.3 is 14.5 Å². The Morgan fingerprint density at radius 1 is 1.19 bits per heavy atom. The Kier molecular flexibility index (Phi) is 4.88. The van der Waals surface area contributed by atoms with Crippen LogP contribution in [0.15, 0.2) is 43.9 Å². The highest BCUT2D eigenvalue weighted by Crippen LogP contribution is 2.35. The van der Waals surface area contributed by atoms with Crippen molar-refractivity contribution in [2.45, 2.75) is 19.3 Å². The van der Waals surface area contributed by atoms with Gasteiger partial charge in [0.05, 0.1) is 11.7 Å². The molecule has 0 saturated heterocycles. The first-order valence-electron chi connectivity index (χ1n) is 5.81. The second-order valence-electron chi connectivity index (χ2n) is 4.20. The molecule has 21 heavy (non-hydrogen) atoms. The average Bonchev–Trinajstić information content (AvgIpc) is 2.77. The third-order valence-electron chi connectivity index (χ3n) is 2.56. The number of furan rings is 1. The second-order valence-corrected chi connectivity index (χ2v) is 5.89. The molecule has 1 N–H and O–H groups in total. The van der Waals surface area contributed by atoms with Crippen LogP contribution < -0.4 is 10.1 Å². The van der Waals surface area contributed by atoms with Crippen LogP contribution >= 0.6 is 31.9 Å². The first-order valence-corrected chi connectivity index (χ1v) is 7.40. The van der Waals surface area contributed by atoms with E-state index in [1.165, 1.54) is 12.1 Å². The Morgan fingerprint density at radius 3 is 2.48 bits per heavy atom. The second kappa shape index (κ2) is 6.31. The molecule has 8 heteroatoms. The van der Waals surface area contributed by atoms with Crippen LogP contribution in [0.4, 0.5) is 18.9 Å². The van der Waals surface area contributed by atoms with Gasteiger partial charge in [-0.2, -0.15) is 0 Å². The highest BCUT2D eigenvalue weighted by Gasteiger charge is 2.32. The number of hydrogen-bond acceptors (Lipinski definition) is 3. The van der Waals surface area contributed by atoms with Gasteiger partial charge in [0.25, 0.3) is 0 Å². The molecule has 0 spiro atoms. The SMILES string of the molecule is CC(Nc1ccc(Br)cc1OC(F)(F)F)c1ccc(Br)o1. The topological polar surface area (TPSA) is 34.4 Å². The molecule has 0 radical (unpaired) electrons. The van der Waals surface area contributed by atoms with Crippen LogP contribution in [0.25, 0.3) is 0 Å². The van der Waals surface area contributed by atoms with E-state index in [0.29, 0.717) is 14.9 Å². The van der Waals surface area contributed by atoms with Gasteiger partial charge in [-0.3, -0.25) is 0 Å². The molecule has 0 aliphatic carbocycles. The Hall–Kier alpha value is -1.15. The van der Waals surface area contributed by atoms with Crippen molar-refractivity contribution in [3.63, 3.8) is 0 Å². The maximum Gasteiger partial charge on any atom is 0.573 e. The van der Waals surface area contributed by atoms with E-state index in [-0.39, 0.29) is 17.5 Å². The number of benzene rings is 1. The molecular weight excluding hydrogens is 419 g/mol. The lowest BCUT2D eigenvalue weighted by atomic mass is 10.2. The van der Waals surface area contributed by atoms with Crippen molar-refractivity contribution in [3.8, 4) is 5.75 Å². The average molecular weight is 429 g/mol. The molecule has 2 aromatic rings. The Bertz CT molecular complexity index is 628. The van der Waals surface area contributed by atoms with Crippen molar-refractivity contribution >= 4 is 37.5 Å². The largest absolute Gasteiger partial charge is 0.573 e. The molecule has 2 rings (SSSR count). The van der Waals surface area contributed by atoms with Gasteiger partial charge >= 0.3 is 6.36 Å². The minimum atomic E-state index is -4.76. The number of halogens is 5. The Morgan fingerprint density at radius 2 is 1.90 bits per heavy atom. The maximum atomic E-state index is 12.4. The summed E-state index contributed by atoms with van der Waals surface area (Å²) in [4.78, 5) is 0. The third kappa shape index (κ3) is 4.67. The Labute approximate surface area is 135 Å². The fourth-order valence-electron chi connectivity index (χ4n) is 1.69. The van der Waals surface area contributed by atoms with E-state index in [1.54, 1.807) is 25.1 Å². The van der Waals surface area contributed by atoms with E-state index in [0.717, 1.165) is 0 Å².